The number of piperidine rings is 1. The molecule has 0 bridgehead atoms. The van der Waals surface area contributed by atoms with Gasteiger partial charge in [0.25, 0.3) is 0 Å². The zero-order valence-electron chi connectivity index (χ0n) is 28.7. The number of nitrogens with zero attached hydrogens (tertiary/aromatic N) is 9. The number of rotatable bonds is 5. The fourth-order valence-corrected chi connectivity index (χ4v) is 7.21. The van der Waals surface area contributed by atoms with E-state index in [9.17, 15) is 4.79 Å². The van der Waals surface area contributed by atoms with Gasteiger partial charge in [-0.2, -0.15) is 15.3 Å². The highest BCUT2D eigenvalue weighted by Crippen LogP contribution is 2.37. The third kappa shape index (κ3) is 6.04. The smallest absolute Gasteiger partial charge is 0.410 e. The fraction of sp³-hybridized carbons (Fsp3) is 0.618. The lowest BCUT2D eigenvalue weighted by molar-refractivity contribution is -0.0383. The molecule has 0 N–H and O–H groups in total. The molecule has 258 valence electrons. The van der Waals surface area contributed by atoms with Crippen molar-refractivity contribution in [2.24, 2.45) is 0 Å². The van der Waals surface area contributed by atoms with E-state index in [-0.39, 0.29) is 18.8 Å². The standard InChI is InChI=1S/C34H46FN9O4/c1-21-20-46-16-14-41(21)29-17-28(44-32(38-29)24(18-37-44)26-10-12-36-43(26)30-9-7-8-15-47-30)31-22(2)39-42(23(31)3)27-11-13-40(19-25(27)35)33(45)48-34(4,5)6/h10,12,17-18,21,25,27,30H,7-9,11,13-16,19-20H2,1-6H3/t21-,25+,27-,30?/m1/s1. The van der Waals surface area contributed by atoms with Crippen molar-refractivity contribution in [3.8, 4) is 22.5 Å². The van der Waals surface area contributed by atoms with E-state index >= 15 is 4.39 Å². The van der Waals surface area contributed by atoms with Crippen molar-refractivity contribution in [1.29, 1.82) is 0 Å². The van der Waals surface area contributed by atoms with Crippen LogP contribution in [0.2, 0.25) is 0 Å². The van der Waals surface area contributed by atoms with Crippen LogP contribution in [0.3, 0.4) is 0 Å². The lowest BCUT2D eigenvalue weighted by atomic mass is 10.0. The number of halogens is 1. The number of morpholine rings is 1. The van der Waals surface area contributed by atoms with Crippen LogP contribution in [0.4, 0.5) is 15.0 Å². The van der Waals surface area contributed by atoms with Gasteiger partial charge in [-0.1, -0.05) is 0 Å². The van der Waals surface area contributed by atoms with Gasteiger partial charge in [-0.15, -0.1) is 0 Å². The SMILES string of the molecule is Cc1nn([C@@H]2CCN(C(=O)OC(C)(C)C)C[C@@H]2F)c(C)c1-c1cc(N2CCOC[C@H]2C)nc2c(-c3ccnn3C3CCCCO3)cnn12. The first-order valence-electron chi connectivity index (χ1n) is 17.1. The summed E-state index contributed by atoms with van der Waals surface area (Å²) in [6.07, 6.45) is 5.15. The number of hydrogen-bond donors (Lipinski definition) is 0. The van der Waals surface area contributed by atoms with Crippen molar-refractivity contribution >= 4 is 17.6 Å². The van der Waals surface area contributed by atoms with Crippen molar-refractivity contribution in [3.63, 3.8) is 0 Å². The summed E-state index contributed by atoms with van der Waals surface area (Å²) in [5.41, 5.74) is 5.09. The number of amides is 1. The molecule has 7 rings (SSSR count). The van der Waals surface area contributed by atoms with Crippen molar-refractivity contribution in [3.05, 3.63) is 35.9 Å². The second-order valence-corrected chi connectivity index (χ2v) is 14.2. The maximum Gasteiger partial charge on any atom is 0.410 e. The number of likely N-dealkylation sites (tertiary alicyclic amines) is 1. The quantitative estimate of drug-likeness (QED) is 0.272. The molecular weight excluding hydrogens is 617 g/mol. The molecule has 48 heavy (non-hydrogen) atoms. The Labute approximate surface area is 279 Å². The fourth-order valence-electron chi connectivity index (χ4n) is 7.21. The van der Waals surface area contributed by atoms with Gasteiger partial charge in [-0.3, -0.25) is 4.68 Å². The summed E-state index contributed by atoms with van der Waals surface area (Å²) in [5, 5.41) is 14.4. The lowest BCUT2D eigenvalue weighted by Crippen LogP contribution is -2.47. The van der Waals surface area contributed by atoms with Crippen molar-refractivity contribution in [2.75, 3.05) is 44.4 Å². The molecule has 3 aliphatic heterocycles. The zero-order valence-corrected chi connectivity index (χ0v) is 28.7. The molecule has 14 heteroatoms. The Morgan fingerprint density at radius 2 is 1.90 bits per heavy atom. The Morgan fingerprint density at radius 3 is 2.62 bits per heavy atom. The Bertz CT molecular complexity index is 1790. The number of carbonyl (C=O) groups is 1. The summed E-state index contributed by atoms with van der Waals surface area (Å²) < 4.78 is 38.9. The van der Waals surface area contributed by atoms with Crippen molar-refractivity contribution in [2.45, 2.75) is 97.3 Å². The van der Waals surface area contributed by atoms with E-state index < -0.39 is 23.9 Å². The highest BCUT2D eigenvalue weighted by molar-refractivity contribution is 5.80. The molecular formula is C34H46FN9O4. The predicted molar refractivity (Wildman–Crippen MR) is 178 cm³/mol. The van der Waals surface area contributed by atoms with Gasteiger partial charge >= 0.3 is 6.09 Å². The Kier molecular flexibility index (Phi) is 8.65. The van der Waals surface area contributed by atoms with Crippen LogP contribution in [-0.2, 0) is 14.2 Å². The van der Waals surface area contributed by atoms with Gasteiger partial charge in [0.15, 0.2) is 11.9 Å². The minimum absolute atomic E-state index is 0.0489. The average molecular weight is 664 g/mol. The molecule has 4 atom stereocenters. The molecule has 3 fully saturated rings. The lowest BCUT2D eigenvalue weighted by Gasteiger charge is -2.36. The second kappa shape index (κ2) is 12.8. The van der Waals surface area contributed by atoms with Crippen LogP contribution in [-0.4, -0.2) is 102 Å². The maximum atomic E-state index is 15.9. The van der Waals surface area contributed by atoms with E-state index in [2.05, 4.69) is 23.0 Å². The number of aromatic nitrogens is 7. The molecule has 13 nitrogen and oxygen atoms in total. The minimum atomic E-state index is -1.31. The van der Waals surface area contributed by atoms with Crippen LogP contribution in [0.5, 0.6) is 0 Å². The Balaban J connectivity index is 1.29. The van der Waals surface area contributed by atoms with Crippen LogP contribution in [0.1, 0.15) is 77.0 Å². The molecule has 4 aromatic heterocycles. The van der Waals surface area contributed by atoms with E-state index in [4.69, 9.17) is 29.4 Å². The summed E-state index contributed by atoms with van der Waals surface area (Å²) in [7, 11) is 0. The van der Waals surface area contributed by atoms with Gasteiger partial charge in [-0.25, -0.2) is 23.4 Å². The molecule has 0 radical (unpaired) electrons. The molecule has 0 aromatic carbocycles. The third-order valence-corrected chi connectivity index (χ3v) is 9.55. The Hall–Kier alpha value is -4.04. The van der Waals surface area contributed by atoms with Gasteiger partial charge in [0.05, 0.1) is 60.7 Å². The molecule has 1 unspecified atom stereocenters. The number of fused-ring (bicyclic) bond motifs is 1. The number of carbonyl (C=O) groups excluding carboxylic acids is 1. The minimum Gasteiger partial charge on any atom is -0.444 e. The molecule has 7 heterocycles. The molecule has 3 aliphatic rings. The van der Waals surface area contributed by atoms with Gasteiger partial charge in [-0.05, 0) is 73.3 Å². The van der Waals surface area contributed by atoms with E-state index in [0.29, 0.717) is 45.0 Å². The van der Waals surface area contributed by atoms with Gasteiger partial charge in [0.1, 0.15) is 17.6 Å². The first kappa shape index (κ1) is 32.5. The van der Waals surface area contributed by atoms with E-state index in [1.807, 2.05) is 56.1 Å². The molecule has 3 saturated heterocycles. The topological polar surface area (TPSA) is 117 Å². The highest BCUT2D eigenvalue weighted by Gasteiger charge is 2.37. The first-order chi connectivity index (χ1) is 23.0. The monoisotopic (exact) mass is 663 g/mol. The number of hydrogen-bond acceptors (Lipinski definition) is 9. The zero-order chi connectivity index (χ0) is 33.7. The predicted octanol–water partition coefficient (Wildman–Crippen LogP) is 5.52. The van der Waals surface area contributed by atoms with Gasteiger partial charge in [0, 0.05) is 43.2 Å². The average Bonchev–Trinajstić information content (AvgIpc) is 3.77. The van der Waals surface area contributed by atoms with Gasteiger partial charge in [0.2, 0.25) is 0 Å². The van der Waals surface area contributed by atoms with Crippen molar-refractivity contribution in [1.82, 2.24) is 39.1 Å². The van der Waals surface area contributed by atoms with Crippen molar-refractivity contribution < 1.29 is 23.4 Å². The number of alkyl halides is 1. The first-order valence-corrected chi connectivity index (χ1v) is 17.1. The summed E-state index contributed by atoms with van der Waals surface area (Å²) in [6, 6.07) is 3.65. The summed E-state index contributed by atoms with van der Waals surface area (Å²) >= 11 is 0. The highest BCUT2D eigenvalue weighted by atomic mass is 19.1. The molecule has 1 amide bonds. The number of ether oxygens (including phenoxy) is 3. The molecule has 4 aromatic rings. The van der Waals surface area contributed by atoms with Crippen LogP contribution in [0.25, 0.3) is 28.2 Å². The summed E-state index contributed by atoms with van der Waals surface area (Å²) in [5.74, 6) is 0.815. The second-order valence-electron chi connectivity index (χ2n) is 14.2. The number of anilines is 1. The van der Waals surface area contributed by atoms with Gasteiger partial charge < -0.3 is 24.0 Å². The van der Waals surface area contributed by atoms with E-state index in [1.165, 1.54) is 4.90 Å². The van der Waals surface area contributed by atoms with Crippen LogP contribution in [0.15, 0.2) is 24.5 Å². The molecule has 0 spiro atoms. The third-order valence-electron chi connectivity index (χ3n) is 9.55. The molecule has 0 saturated carbocycles. The number of aryl methyl sites for hydroxylation is 1. The maximum absolute atomic E-state index is 15.9. The van der Waals surface area contributed by atoms with Crippen LogP contribution >= 0.6 is 0 Å². The summed E-state index contributed by atoms with van der Waals surface area (Å²) in [6.45, 7) is 14.5. The van der Waals surface area contributed by atoms with E-state index in [1.54, 1.807) is 10.9 Å². The Morgan fingerprint density at radius 1 is 1.06 bits per heavy atom. The van der Waals surface area contributed by atoms with Crippen LogP contribution in [0, 0.1) is 13.8 Å². The molecule has 0 aliphatic carbocycles. The largest absolute Gasteiger partial charge is 0.444 e. The normalized spacial score (nSPS) is 24.0. The summed E-state index contributed by atoms with van der Waals surface area (Å²) in [4.78, 5) is 21.6. The van der Waals surface area contributed by atoms with Crippen LogP contribution < -0.4 is 4.90 Å². The van der Waals surface area contributed by atoms with E-state index in [0.717, 1.165) is 59.0 Å².